The van der Waals surface area contributed by atoms with Crippen LogP contribution >= 0.6 is 0 Å². The minimum absolute atomic E-state index is 0.0134. The minimum Gasteiger partial charge on any atom is -0.372 e. The third-order valence-electron chi connectivity index (χ3n) is 2.77. The zero-order valence-corrected chi connectivity index (χ0v) is 10.9. The van der Waals surface area contributed by atoms with Crippen LogP contribution in [0.3, 0.4) is 0 Å². The van der Waals surface area contributed by atoms with Crippen LogP contribution in [0.2, 0.25) is 0 Å². The van der Waals surface area contributed by atoms with Crippen LogP contribution in [0.15, 0.2) is 42.5 Å². The first kappa shape index (κ1) is 13.9. The molecule has 0 aliphatic carbocycles. The van der Waals surface area contributed by atoms with Crippen molar-refractivity contribution in [2.24, 2.45) is 5.73 Å². The Balaban J connectivity index is 2.68. The maximum atomic E-state index is 6.22. The number of allylic oxidation sites excluding steroid dienone is 1. The van der Waals surface area contributed by atoms with Crippen LogP contribution in [0, 0.1) is 0 Å². The monoisotopic (exact) mass is 233 g/mol. The Morgan fingerprint density at radius 1 is 1.35 bits per heavy atom. The standard InChI is InChI=1S/C15H23NO/c1-4-17-15(13-8-6-5-7-9-13)14(16)11-10-12(2)3/h5-9,14-15H,2,4,10-11,16H2,1,3H3. The van der Waals surface area contributed by atoms with E-state index in [1.54, 1.807) is 0 Å². The van der Waals surface area contributed by atoms with Gasteiger partial charge in [0.05, 0.1) is 6.10 Å². The van der Waals surface area contributed by atoms with Gasteiger partial charge in [-0.15, -0.1) is 6.58 Å². The second kappa shape index (κ2) is 7.25. The average molecular weight is 233 g/mol. The minimum atomic E-state index is -0.0134. The van der Waals surface area contributed by atoms with E-state index >= 15 is 0 Å². The second-order valence-electron chi connectivity index (χ2n) is 4.45. The second-order valence-corrected chi connectivity index (χ2v) is 4.45. The first-order valence-electron chi connectivity index (χ1n) is 6.21. The maximum Gasteiger partial charge on any atom is 0.0975 e. The van der Waals surface area contributed by atoms with Gasteiger partial charge < -0.3 is 10.5 Å². The predicted molar refractivity (Wildman–Crippen MR) is 72.8 cm³/mol. The number of hydrogen-bond acceptors (Lipinski definition) is 2. The molecular weight excluding hydrogens is 210 g/mol. The third kappa shape index (κ3) is 4.72. The Bertz CT molecular complexity index is 334. The van der Waals surface area contributed by atoms with Gasteiger partial charge in [0.1, 0.15) is 0 Å². The highest BCUT2D eigenvalue weighted by Crippen LogP contribution is 2.23. The van der Waals surface area contributed by atoms with E-state index in [2.05, 4.69) is 18.7 Å². The molecule has 0 saturated heterocycles. The molecule has 2 heteroatoms. The molecule has 0 heterocycles. The fourth-order valence-corrected chi connectivity index (χ4v) is 1.85. The van der Waals surface area contributed by atoms with Crippen molar-refractivity contribution in [3.8, 4) is 0 Å². The van der Waals surface area contributed by atoms with Crippen LogP contribution in [0.1, 0.15) is 38.4 Å². The molecule has 2 N–H and O–H groups in total. The van der Waals surface area contributed by atoms with Gasteiger partial charge in [0.2, 0.25) is 0 Å². The normalized spacial score (nSPS) is 14.3. The molecule has 2 atom stereocenters. The molecular formula is C15H23NO. The lowest BCUT2D eigenvalue weighted by Gasteiger charge is -2.24. The number of hydrogen-bond donors (Lipinski definition) is 1. The Hall–Kier alpha value is -1.12. The van der Waals surface area contributed by atoms with Crippen LogP contribution in [-0.2, 0) is 4.74 Å². The Labute approximate surface area is 104 Å². The SMILES string of the molecule is C=C(C)CCC(N)C(OCC)c1ccccc1. The van der Waals surface area contributed by atoms with Gasteiger partial charge in [-0.1, -0.05) is 35.9 Å². The van der Waals surface area contributed by atoms with E-state index in [-0.39, 0.29) is 12.1 Å². The Morgan fingerprint density at radius 3 is 2.53 bits per heavy atom. The maximum absolute atomic E-state index is 6.22. The Kier molecular flexibility index (Phi) is 5.95. The van der Waals surface area contributed by atoms with Crippen molar-refractivity contribution in [3.63, 3.8) is 0 Å². The highest BCUT2D eigenvalue weighted by Gasteiger charge is 2.19. The smallest absolute Gasteiger partial charge is 0.0975 e. The van der Waals surface area contributed by atoms with Gasteiger partial charge in [-0.25, -0.2) is 0 Å². The van der Waals surface area contributed by atoms with Crippen LogP contribution in [0.4, 0.5) is 0 Å². The fourth-order valence-electron chi connectivity index (χ4n) is 1.85. The molecule has 0 aliphatic heterocycles. The van der Waals surface area contributed by atoms with Gasteiger partial charge in [-0.3, -0.25) is 0 Å². The molecule has 1 aromatic rings. The summed E-state index contributed by atoms with van der Waals surface area (Å²) in [4.78, 5) is 0. The molecule has 0 radical (unpaired) electrons. The van der Waals surface area contributed by atoms with Gasteiger partial charge >= 0.3 is 0 Å². The first-order valence-corrected chi connectivity index (χ1v) is 6.21. The van der Waals surface area contributed by atoms with Gasteiger partial charge in [0, 0.05) is 12.6 Å². The largest absolute Gasteiger partial charge is 0.372 e. The topological polar surface area (TPSA) is 35.2 Å². The molecule has 0 spiro atoms. The zero-order chi connectivity index (χ0) is 12.7. The van der Waals surface area contributed by atoms with Crippen molar-refractivity contribution in [1.82, 2.24) is 0 Å². The van der Waals surface area contributed by atoms with Gasteiger partial charge in [0.15, 0.2) is 0 Å². The van der Waals surface area contributed by atoms with Crippen molar-refractivity contribution in [3.05, 3.63) is 48.0 Å². The molecule has 2 unspecified atom stereocenters. The predicted octanol–water partition coefficient (Wildman–Crippen LogP) is 3.45. The van der Waals surface area contributed by atoms with Crippen LogP contribution in [-0.4, -0.2) is 12.6 Å². The van der Waals surface area contributed by atoms with Crippen molar-refractivity contribution in [2.45, 2.75) is 38.8 Å². The summed E-state index contributed by atoms with van der Waals surface area (Å²) in [5.74, 6) is 0. The van der Waals surface area contributed by atoms with Gasteiger partial charge in [-0.2, -0.15) is 0 Å². The summed E-state index contributed by atoms with van der Waals surface area (Å²) in [5.41, 5.74) is 8.54. The van der Waals surface area contributed by atoms with Crippen molar-refractivity contribution in [1.29, 1.82) is 0 Å². The lowest BCUT2D eigenvalue weighted by molar-refractivity contribution is 0.0413. The zero-order valence-electron chi connectivity index (χ0n) is 10.9. The number of ether oxygens (including phenoxy) is 1. The quantitative estimate of drug-likeness (QED) is 0.732. The molecule has 1 aromatic carbocycles. The van der Waals surface area contributed by atoms with E-state index < -0.39 is 0 Å². The van der Waals surface area contributed by atoms with Gasteiger partial charge in [-0.05, 0) is 32.3 Å². The summed E-state index contributed by atoms with van der Waals surface area (Å²) in [7, 11) is 0. The van der Waals surface area contributed by atoms with Crippen LogP contribution < -0.4 is 5.73 Å². The molecule has 2 nitrogen and oxygen atoms in total. The van der Waals surface area contributed by atoms with E-state index in [1.165, 1.54) is 5.57 Å². The van der Waals surface area contributed by atoms with E-state index in [0.717, 1.165) is 18.4 Å². The van der Waals surface area contributed by atoms with Crippen molar-refractivity contribution >= 4 is 0 Å². The first-order chi connectivity index (χ1) is 8.15. The number of nitrogens with two attached hydrogens (primary N) is 1. The van der Waals surface area contributed by atoms with E-state index in [9.17, 15) is 0 Å². The molecule has 0 aromatic heterocycles. The number of rotatable bonds is 7. The lowest BCUT2D eigenvalue weighted by atomic mass is 9.97. The van der Waals surface area contributed by atoms with Crippen molar-refractivity contribution < 1.29 is 4.74 Å². The summed E-state index contributed by atoms with van der Waals surface area (Å²) >= 11 is 0. The summed E-state index contributed by atoms with van der Waals surface area (Å²) in [6.45, 7) is 8.62. The van der Waals surface area contributed by atoms with Crippen LogP contribution in [0.5, 0.6) is 0 Å². The fraction of sp³-hybridized carbons (Fsp3) is 0.467. The van der Waals surface area contributed by atoms with E-state index in [0.29, 0.717) is 6.61 Å². The molecule has 0 amide bonds. The summed E-state index contributed by atoms with van der Waals surface area (Å²) < 4.78 is 5.77. The highest BCUT2D eigenvalue weighted by atomic mass is 16.5. The third-order valence-corrected chi connectivity index (χ3v) is 2.77. The molecule has 0 saturated carbocycles. The van der Waals surface area contributed by atoms with Crippen molar-refractivity contribution in [2.75, 3.05) is 6.61 Å². The average Bonchev–Trinajstić information content (AvgIpc) is 2.34. The molecule has 1 rings (SSSR count). The van der Waals surface area contributed by atoms with Crippen LogP contribution in [0.25, 0.3) is 0 Å². The molecule has 0 aliphatic rings. The van der Waals surface area contributed by atoms with Gasteiger partial charge in [0.25, 0.3) is 0 Å². The van der Waals surface area contributed by atoms with E-state index in [1.807, 2.05) is 32.0 Å². The lowest BCUT2D eigenvalue weighted by Crippen LogP contribution is -2.30. The molecule has 0 fully saturated rings. The Morgan fingerprint density at radius 2 is 2.00 bits per heavy atom. The number of benzene rings is 1. The highest BCUT2D eigenvalue weighted by molar-refractivity contribution is 5.19. The summed E-state index contributed by atoms with van der Waals surface area (Å²) in [6.07, 6.45) is 1.85. The van der Waals surface area contributed by atoms with E-state index in [4.69, 9.17) is 10.5 Å². The summed E-state index contributed by atoms with van der Waals surface area (Å²) in [5, 5.41) is 0. The molecule has 0 bridgehead atoms. The molecule has 94 valence electrons. The molecule has 17 heavy (non-hydrogen) atoms. The summed E-state index contributed by atoms with van der Waals surface area (Å²) in [6, 6.07) is 10.2.